The largest absolute Gasteiger partial charge is 0.481 e. The molecule has 7 heteroatoms. The van der Waals surface area contributed by atoms with E-state index in [0.717, 1.165) is 0 Å². The lowest BCUT2D eigenvalue weighted by Crippen LogP contribution is -2.07. The van der Waals surface area contributed by atoms with Gasteiger partial charge in [0.2, 0.25) is 11.8 Å². The first-order valence-corrected chi connectivity index (χ1v) is 5.48. The van der Waals surface area contributed by atoms with Gasteiger partial charge in [0.05, 0.1) is 7.11 Å². The van der Waals surface area contributed by atoms with Crippen LogP contribution in [0.15, 0.2) is 12.4 Å². The molecule has 2 heterocycles. The van der Waals surface area contributed by atoms with E-state index >= 15 is 0 Å². The molecule has 2 N–H and O–H groups in total. The number of ether oxygens (including phenoxy) is 1. The van der Waals surface area contributed by atoms with E-state index in [0.29, 0.717) is 23.2 Å². The zero-order valence-corrected chi connectivity index (χ0v) is 10.5. The van der Waals surface area contributed by atoms with Crippen molar-refractivity contribution in [3.05, 3.63) is 18.2 Å². The van der Waals surface area contributed by atoms with Gasteiger partial charge in [0.25, 0.3) is 0 Å². The summed E-state index contributed by atoms with van der Waals surface area (Å²) in [6.45, 7) is 3.97. The van der Waals surface area contributed by atoms with Crippen molar-refractivity contribution in [3.63, 3.8) is 0 Å². The molecule has 2 aromatic rings. The van der Waals surface area contributed by atoms with Gasteiger partial charge in [-0.3, -0.25) is 0 Å². The zero-order valence-electron chi connectivity index (χ0n) is 10.5. The summed E-state index contributed by atoms with van der Waals surface area (Å²) >= 11 is 0. The fourth-order valence-electron chi connectivity index (χ4n) is 1.36. The van der Waals surface area contributed by atoms with Crippen molar-refractivity contribution in [2.75, 3.05) is 12.8 Å². The van der Waals surface area contributed by atoms with E-state index in [9.17, 15) is 0 Å². The molecule has 0 bridgehead atoms. The number of hydrogen-bond donors (Lipinski definition) is 1. The Morgan fingerprint density at radius 1 is 1.17 bits per heavy atom. The maximum atomic E-state index is 5.67. The number of nitrogens with two attached hydrogens (primary N) is 1. The Morgan fingerprint density at radius 3 is 2.61 bits per heavy atom. The van der Waals surface area contributed by atoms with E-state index in [1.165, 1.54) is 13.4 Å². The predicted molar refractivity (Wildman–Crippen MR) is 65.9 cm³/mol. The Kier molecular flexibility index (Phi) is 3.31. The first-order chi connectivity index (χ1) is 8.60. The van der Waals surface area contributed by atoms with Crippen LogP contribution in [0, 0.1) is 0 Å². The average molecular weight is 246 g/mol. The molecule has 2 rings (SSSR count). The van der Waals surface area contributed by atoms with Crippen LogP contribution in [-0.4, -0.2) is 32.0 Å². The molecule has 0 aromatic carbocycles. The van der Waals surface area contributed by atoms with Gasteiger partial charge in [0.1, 0.15) is 17.8 Å². The lowest BCUT2D eigenvalue weighted by Gasteiger charge is -2.07. The maximum absolute atomic E-state index is 5.67. The van der Waals surface area contributed by atoms with Crippen LogP contribution in [-0.2, 0) is 0 Å². The van der Waals surface area contributed by atoms with Crippen molar-refractivity contribution >= 4 is 5.95 Å². The molecule has 0 aliphatic heterocycles. The van der Waals surface area contributed by atoms with Crippen LogP contribution in [0.2, 0.25) is 0 Å². The highest BCUT2D eigenvalue weighted by Crippen LogP contribution is 2.18. The van der Waals surface area contributed by atoms with Gasteiger partial charge in [-0.05, 0) is 0 Å². The first-order valence-electron chi connectivity index (χ1n) is 5.48. The molecule has 0 fully saturated rings. The molecule has 0 radical (unpaired) electrons. The highest BCUT2D eigenvalue weighted by molar-refractivity contribution is 5.51. The van der Waals surface area contributed by atoms with E-state index in [1.54, 1.807) is 6.07 Å². The number of hydrogen-bond acceptors (Lipinski definition) is 7. The Morgan fingerprint density at radius 2 is 1.94 bits per heavy atom. The van der Waals surface area contributed by atoms with E-state index in [1.807, 2.05) is 13.8 Å². The fraction of sp³-hybridized carbons (Fsp3) is 0.364. The SMILES string of the molecule is COc1cc(-c2nc(N)nc(C(C)C)n2)ncn1. The van der Waals surface area contributed by atoms with Crippen LogP contribution in [0.4, 0.5) is 5.95 Å². The third-order valence-corrected chi connectivity index (χ3v) is 2.27. The fourth-order valence-corrected chi connectivity index (χ4v) is 1.36. The second kappa shape index (κ2) is 4.91. The normalized spacial score (nSPS) is 10.7. The summed E-state index contributed by atoms with van der Waals surface area (Å²) in [4.78, 5) is 20.5. The standard InChI is InChI=1S/C11H14N6O/c1-6(2)9-15-10(17-11(12)16-9)7-4-8(18-3)14-5-13-7/h4-6H,1-3H3,(H2,12,15,16,17). The van der Waals surface area contributed by atoms with Gasteiger partial charge in [-0.1, -0.05) is 13.8 Å². The van der Waals surface area contributed by atoms with Crippen molar-refractivity contribution in [2.45, 2.75) is 19.8 Å². The maximum Gasteiger partial charge on any atom is 0.223 e. The Hall–Kier alpha value is -2.31. The van der Waals surface area contributed by atoms with Crippen LogP contribution in [0.25, 0.3) is 11.5 Å². The van der Waals surface area contributed by atoms with Crippen molar-refractivity contribution in [2.24, 2.45) is 0 Å². The summed E-state index contributed by atoms with van der Waals surface area (Å²) in [7, 11) is 1.54. The first kappa shape index (κ1) is 12.2. The smallest absolute Gasteiger partial charge is 0.223 e. The third kappa shape index (κ3) is 2.50. The molecule has 0 saturated heterocycles. The number of nitrogens with zero attached hydrogens (tertiary/aromatic N) is 5. The monoisotopic (exact) mass is 246 g/mol. The van der Waals surface area contributed by atoms with Crippen molar-refractivity contribution < 1.29 is 4.74 Å². The van der Waals surface area contributed by atoms with Gasteiger partial charge >= 0.3 is 0 Å². The molecule has 0 amide bonds. The van der Waals surface area contributed by atoms with Gasteiger partial charge in [0.15, 0.2) is 5.82 Å². The summed E-state index contributed by atoms with van der Waals surface area (Å²) in [5.74, 6) is 1.85. The molecule has 0 unspecified atom stereocenters. The predicted octanol–water partition coefficient (Wildman–Crippen LogP) is 1.04. The molecule has 18 heavy (non-hydrogen) atoms. The van der Waals surface area contributed by atoms with Crippen molar-refractivity contribution in [1.82, 2.24) is 24.9 Å². The lowest BCUT2D eigenvalue weighted by atomic mass is 10.2. The molecular weight excluding hydrogens is 232 g/mol. The number of rotatable bonds is 3. The second-order valence-electron chi connectivity index (χ2n) is 3.98. The number of aromatic nitrogens is 5. The van der Waals surface area contributed by atoms with Crippen molar-refractivity contribution in [3.8, 4) is 17.4 Å². The van der Waals surface area contributed by atoms with Crippen molar-refractivity contribution in [1.29, 1.82) is 0 Å². The van der Waals surface area contributed by atoms with E-state index in [2.05, 4.69) is 24.9 Å². The number of methoxy groups -OCH3 is 1. The molecule has 0 aliphatic carbocycles. The van der Waals surface area contributed by atoms with Gasteiger partial charge in [-0.15, -0.1) is 0 Å². The molecule has 0 spiro atoms. The van der Waals surface area contributed by atoms with E-state index < -0.39 is 0 Å². The van der Waals surface area contributed by atoms with Crippen LogP contribution in [0.5, 0.6) is 5.88 Å². The summed E-state index contributed by atoms with van der Waals surface area (Å²) in [5, 5.41) is 0. The van der Waals surface area contributed by atoms with Crippen LogP contribution in [0.1, 0.15) is 25.6 Å². The highest BCUT2D eigenvalue weighted by atomic mass is 16.5. The molecule has 0 aliphatic rings. The van der Waals surface area contributed by atoms with Crippen LogP contribution >= 0.6 is 0 Å². The van der Waals surface area contributed by atoms with Gasteiger partial charge in [-0.25, -0.2) is 15.0 Å². The Labute approximate surface area is 104 Å². The summed E-state index contributed by atoms with van der Waals surface area (Å²) in [6.07, 6.45) is 1.39. The molecule has 94 valence electrons. The van der Waals surface area contributed by atoms with Gasteiger partial charge < -0.3 is 10.5 Å². The minimum Gasteiger partial charge on any atom is -0.481 e. The minimum absolute atomic E-state index is 0.165. The minimum atomic E-state index is 0.165. The molecule has 2 aromatic heterocycles. The molecule has 0 saturated carbocycles. The number of anilines is 1. The second-order valence-corrected chi connectivity index (χ2v) is 3.98. The highest BCUT2D eigenvalue weighted by Gasteiger charge is 2.11. The Bertz CT molecular complexity index is 557. The molecule has 0 atom stereocenters. The zero-order chi connectivity index (χ0) is 13.1. The summed E-state index contributed by atoms with van der Waals surface area (Å²) < 4.78 is 5.03. The Balaban J connectivity index is 2.49. The van der Waals surface area contributed by atoms with Gasteiger partial charge in [0, 0.05) is 12.0 Å². The average Bonchev–Trinajstić information content (AvgIpc) is 2.38. The molecule has 7 nitrogen and oxygen atoms in total. The number of nitrogen functional groups attached to an aromatic ring is 1. The quantitative estimate of drug-likeness (QED) is 0.863. The van der Waals surface area contributed by atoms with E-state index in [-0.39, 0.29) is 11.9 Å². The van der Waals surface area contributed by atoms with Crippen LogP contribution in [0.3, 0.4) is 0 Å². The topological polar surface area (TPSA) is 99.7 Å². The lowest BCUT2D eigenvalue weighted by molar-refractivity contribution is 0.397. The van der Waals surface area contributed by atoms with E-state index in [4.69, 9.17) is 10.5 Å². The summed E-state index contributed by atoms with van der Waals surface area (Å²) in [6, 6.07) is 1.65. The van der Waals surface area contributed by atoms with Gasteiger partial charge in [-0.2, -0.15) is 9.97 Å². The molecular formula is C11H14N6O. The summed E-state index contributed by atoms with van der Waals surface area (Å²) in [5.41, 5.74) is 6.22. The third-order valence-electron chi connectivity index (χ3n) is 2.27. The van der Waals surface area contributed by atoms with Crippen LogP contribution < -0.4 is 10.5 Å².